The SMILES string of the molecule is CNC(C)c1cc2ccc(Br)cc2s1. The summed E-state index contributed by atoms with van der Waals surface area (Å²) in [6, 6.07) is 9.11. The van der Waals surface area contributed by atoms with E-state index in [2.05, 4.69) is 52.4 Å². The van der Waals surface area contributed by atoms with Crippen LogP contribution in [0.4, 0.5) is 0 Å². The largest absolute Gasteiger partial charge is 0.313 e. The molecule has 1 aromatic heterocycles. The number of halogens is 1. The summed E-state index contributed by atoms with van der Waals surface area (Å²) in [7, 11) is 1.99. The second-order valence-electron chi connectivity index (χ2n) is 3.34. The molecule has 1 nitrogen and oxygen atoms in total. The highest BCUT2D eigenvalue weighted by Crippen LogP contribution is 2.31. The Labute approximate surface area is 96.3 Å². The quantitative estimate of drug-likeness (QED) is 0.871. The van der Waals surface area contributed by atoms with Crippen molar-refractivity contribution in [2.24, 2.45) is 0 Å². The first-order valence-corrected chi connectivity index (χ1v) is 6.18. The summed E-state index contributed by atoms with van der Waals surface area (Å²) >= 11 is 5.34. The lowest BCUT2D eigenvalue weighted by atomic mass is 10.2. The molecule has 0 bridgehead atoms. The average molecular weight is 270 g/mol. The maximum absolute atomic E-state index is 3.49. The van der Waals surface area contributed by atoms with Gasteiger partial charge in [-0.3, -0.25) is 0 Å². The van der Waals surface area contributed by atoms with Crippen molar-refractivity contribution in [3.8, 4) is 0 Å². The van der Waals surface area contributed by atoms with Crippen LogP contribution in [0.2, 0.25) is 0 Å². The lowest BCUT2D eigenvalue weighted by Gasteiger charge is -2.05. The minimum atomic E-state index is 0.436. The number of benzene rings is 1. The van der Waals surface area contributed by atoms with Crippen molar-refractivity contribution in [3.63, 3.8) is 0 Å². The third kappa shape index (κ3) is 1.85. The van der Waals surface area contributed by atoms with Crippen molar-refractivity contribution in [1.82, 2.24) is 5.32 Å². The fourth-order valence-electron chi connectivity index (χ4n) is 1.38. The van der Waals surface area contributed by atoms with Crippen molar-refractivity contribution in [1.29, 1.82) is 0 Å². The van der Waals surface area contributed by atoms with Gasteiger partial charge in [-0.2, -0.15) is 0 Å². The lowest BCUT2D eigenvalue weighted by Crippen LogP contribution is -2.10. The molecular formula is C11H12BrNS. The van der Waals surface area contributed by atoms with E-state index in [4.69, 9.17) is 0 Å². The molecule has 1 unspecified atom stereocenters. The molecule has 3 heteroatoms. The molecule has 1 aromatic carbocycles. The molecule has 0 amide bonds. The molecule has 14 heavy (non-hydrogen) atoms. The number of fused-ring (bicyclic) bond motifs is 1. The van der Waals surface area contributed by atoms with Gasteiger partial charge < -0.3 is 5.32 Å². The van der Waals surface area contributed by atoms with Crippen molar-refractivity contribution < 1.29 is 0 Å². The third-order valence-corrected chi connectivity index (χ3v) is 4.13. The third-order valence-electron chi connectivity index (χ3n) is 2.36. The number of nitrogens with one attached hydrogen (secondary N) is 1. The van der Waals surface area contributed by atoms with Crippen LogP contribution < -0.4 is 5.32 Å². The zero-order chi connectivity index (χ0) is 10.1. The zero-order valence-electron chi connectivity index (χ0n) is 8.17. The van der Waals surface area contributed by atoms with Crippen LogP contribution in [-0.4, -0.2) is 7.05 Å². The minimum absolute atomic E-state index is 0.436. The molecule has 74 valence electrons. The second-order valence-corrected chi connectivity index (χ2v) is 5.37. The van der Waals surface area contributed by atoms with Gasteiger partial charge in [-0.25, -0.2) is 0 Å². The molecule has 1 N–H and O–H groups in total. The summed E-state index contributed by atoms with van der Waals surface area (Å²) in [5.74, 6) is 0. The highest BCUT2D eigenvalue weighted by atomic mass is 79.9. The number of rotatable bonds is 2. The Hall–Kier alpha value is -0.380. The first-order chi connectivity index (χ1) is 6.70. The maximum atomic E-state index is 3.49. The lowest BCUT2D eigenvalue weighted by molar-refractivity contribution is 0.664. The average Bonchev–Trinajstić information content (AvgIpc) is 2.59. The highest BCUT2D eigenvalue weighted by Gasteiger charge is 2.07. The van der Waals surface area contributed by atoms with E-state index in [-0.39, 0.29) is 0 Å². The monoisotopic (exact) mass is 269 g/mol. The second kappa shape index (κ2) is 4.01. The van der Waals surface area contributed by atoms with Crippen LogP contribution >= 0.6 is 27.3 Å². The molecule has 0 aliphatic carbocycles. The van der Waals surface area contributed by atoms with Gasteiger partial charge in [-0.15, -0.1) is 11.3 Å². The van der Waals surface area contributed by atoms with Crippen LogP contribution in [0.15, 0.2) is 28.7 Å². The molecule has 0 saturated carbocycles. The predicted octanol–water partition coefficient (Wildman–Crippen LogP) is 3.94. The Morgan fingerprint density at radius 1 is 1.36 bits per heavy atom. The molecule has 1 atom stereocenters. The van der Waals surface area contributed by atoms with E-state index in [1.807, 2.05) is 18.4 Å². The Kier molecular flexibility index (Phi) is 2.91. The maximum Gasteiger partial charge on any atom is 0.0384 e. The van der Waals surface area contributed by atoms with Gasteiger partial charge in [0.05, 0.1) is 0 Å². The van der Waals surface area contributed by atoms with Crippen molar-refractivity contribution in [2.75, 3.05) is 7.05 Å². The predicted molar refractivity (Wildman–Crippen MR) is 67.0 cm³/mol. The van der Waals surface area contributed by atoms with Crippen LogP contribution in [0.25, 0.3) is 10.1 Å². The van der Waals surface area contributed by atoms with Crippen LogP contribution in [0.5, 0.6) is 0 Å². The van der Waals surface area contributed by atoms with Crippen LogP contribution in [0.1, 0.15) is 17.8 Å². The summed E-state index contributed by atoms with van der Waals surface area (Å²) in [5, 5.41) is 4.58. The Bertz CT molecular complexity index is 449. The first-order valence-electron chi connectivity index (χ1n) is 4.57. The van der Waals surface area contributed by atoms with E-state index >= 15 is 0 Å². The van der Waals surface area contributed by atoms with Gasteiger partial charge in [0.15, 0.2) is 0 Å². The molecule has 1 heterocycles. The summed E-state index contributed by atoms with van der Waals surface area (Å²) < 4.78 is 2.49. The fourth-order valence-corrected chi connectivity index (χ4v) is 3.06. The van der Waals surface area contributed by atoms with Crippen LogP contribution in [-0.2, 0) is 0 Å². The van der Waals surface area contributed by atoms with Crippen molar-refractivity contribution >= 4 is 37.4 Å². The van der Waals surface area contributed by atoms with Gasteiger partial charge >= 0.3 is 0 Å². The first kappa shape index (κ1) is 10.1. The van der Waals surface area contributed by atoms with Gasteiger partial charge in [0, 0.05) is 20.1 Å². The molecule has 0 fully saturated rings. The molecule has 2 rings (SSSR count). The molecule has 0 aliphatic heterocycles. The normalized spacial score (nSPS) is 13.4. The fraction of sp³-hybridized carbons (Fsp3) is 0.273. The summed E-state index contributed by atoms with van der Waals surface area (Å²) in [6.45, 7) is 2.18. The van der Waals surface area contributed by atoms with Gasteiger partial charge in [0.25, 0.3) is 0 Å². The smallest absolute Gasteiger partial charge is 0.0384 e. The molecule has 2 aromatic rings. The molecule has 0 saturated heterocycles. The molecule has 0 spiro atoms. The molecular weight excluding hydrogens is 258 g/mol. The molecule has 0 radical (unpaired) electrons. The van der Waals surface area contributed by atoms with Crippen molar-refractivity contribution in [3.05, 3.63) is 33.6 Å². The number of hydrogen-bond acceptors (Lipinski definition) is 2. The zero-order valence-corrected chi connectivity index (χ0v) is 10.6. The Balaban J connectivity index is 2.51. The van der Waals surface area contributed by atoms with E-state index in [1.54, 1.807) is 0 Å². The Morgan fingerprint density at radius 2 is 2.14 bits per heavy atom. The number of thiophene rings is 1. The highest BCUT2D eigenvalue weighted by molar-refractivity contribution is 9.10. The summed E-state index contributed by atoms with van der Waals surface area (Å²) in [6.07, 6.45) is 0. The summed E-state index contributed by atoms with van der Waals surface area (Å²) in [4.78, 5) is 1.39. The van der Waals surface area contributed by atoms with E-state index < -0.39 is 0 Å². The topological polar surface area (TPSA) is 12.0 Å². The number of hydrogen-bond donors (Lipinski definition) is 1. The standard InChI is InChI=1S/C11H12BrNS/c1-7(13-2)10-5-8-3-4-9(12)6-11(8)14-10/h3-7,13H,1-2H3. The van der Waals surface area contributed by atoms with E-state index in [1.165, 1.54) is 15.0 Å². The van der Waals surface area contributed by atoms with Crippen LogP contribution in [0.3, 0.4) is 0 Å². The van der Waals surface area contributed by atoms with Gasteiger partial charge in [-0.1, -0.05) is 22.0 Å². The van der Waals surface area contributed by atoms with Gasteiger partial charge in [0.1, 0.15) is 0 Å². The van der Waals surface area contributed by atoms with E-state index in [0.29, 0.717) is 6.04 Å². The van der Waals surface area contributed by atoms with E-state index in [0.717, 1.165) is 4.47 Å². The van der Waals surface area contributed by atoms with Crippen LogP contribution in [0, 0.1) is 0 Å². The minimum Gasteiger partial charge on any atom is -0.313 e. The Morgan fingerprint density at radius 3 is 2.86 bits per heavy atom. The summed E-state index contributed by atoms with van der Waals surface area (Å²) in [5.41, 5.74) is 0. The van der Waals surface area contributed by atoms with E-state index in [9.17, 15) is 0 Å². The van der Waals surface area contributed by atoms with Crippen molar-refractivity contribution in [2.45, 2.75) is 13.0 Å². The van der Waals surface area contributed by atoms with Gasteiger partial charge in [0.2, 0.25) is 0 Å². The van der Waals surface area contributed by atoms with Gasteiger partial charge in [-0.05, 0) is 37.6 Å². The molecule has 0 aliphatic rings.